The zero-order valence-corrected chi connectivity index (χ0v) is 10.7. The fourth-order valence-corrected chi connectivity index (χ4v) is 1.59. The molecule has 0 bridgehead atoms. The second kappa shape index (κ2) is 6.21. The molecule has 0 atom stereocenters. The lowest BCUT2D eigenvalue weighted by atomic mass is 10.2. The Morgan fingerprint density at radius 3 is 2.57 bits per heavy atom. The van der Waals surface area contributed by atoms with Gasteiger partial charge in [0, 0.05) is 25.1 Å². The maximum absolute atomic E-state index is 12.7. The van der Waals surface area contributed by atoms with Gasteiger partial charge >= 0.3 is 12.2 Å². The van der Waals surface area contributed by atoms with Crippen LogP contribution in [-0.2, 0) is 12.7 Å². The molecule has 2 rings (SSSR count). The van der Waals surface area contributed by atoms with E-state index in [0.717, 1.165) is 24.0 Å². The van der Waals surface area contributed by atoms with Crippen molar-refractivity contribution >= 4 is 11.7 Å². The number of anilines is 1. The Kier molecular flexibility index (Phi) is 4.36. The smallest absolute Gasteiger partial charge is 0.334 e. The Labute approximate surface area is 118 Å². The molecule has 0 fully saturated rings. The molecule has 2 heterocycles. The van der Waals surface area contributed by atoms with Gasteiger partial charge in [-0.25, -0.2) is 4.79 Å². The van der Waals surface area contributed by atoms with Gasteiger partial charge in [-0.1, -0.05) is 6.07 Å². The summed E-state index contributed by atoms with van der Waals surface area (Å²) in [6.45, 7) is 0.154. The molecule has 110 valence electrons. The summed E-state index contributed by atoms with van der Waals surface area (Å²) in [5.74, 6) is 0. The van der Waals surface area contributed by atoms with Gasteiger partial charge < -0.3 is 10.6 Å². The lowest BCUT2D eigenvalue weighted by Crippen LogP contribution is -2.29. The van der Waals surface area contributed by atoms with Gasteiger partial charge in [0.1, 0.15) is 0 Å². The van der Waals surface area contributed by atoms with Gasteiger partial charge in [-0.15, -0.1) is 0 Å². The number of hydrogen-bond donors (Lipinski definition) is 2. The number of rotatable bonds is 3. The Morgan fingerprint density at radius 2 is 1.90 bits per heavy atom. The van der Waals surface area contributed by atoms with Crippen LogP contribution >= 0.6 is 0 Å². The molecule has 8 heteroatoms. The zero-order valence-electron chi connectivity index (χ0n) is 10.7. The van der Waals surface area contributed by atoms with Crippen molar-refractivity contribution in [3.8, 4) is 0 Å². The molecule has 0 unspecified atom stereocenters. The second-order valence-corrected chi connectivity index (χ2v) is 4.09. The number of hydrogen-bond acceptors (Lipinski definition) is 3. The molecule has 0 aliphatic carbocycles. The summed E-state index contributed by atoms with van der Waals surface area (Å²) in [5, 5.41) is 4.58. The lowest BCUT2D eigenvalue weighted by Gasteiger charge is -2.13. The number of carbonyl (C=O) groups is 1. The molecular formula is C13H11F3N4O. The summed E-state index contributed by atoms with van der Waals surface area (Å²) in [4.78, 5) is 19.1. The van der Waals surface area contributed by atoms with Crippen molar-refractivity contribution in [2.75, 3.05) is 5.32 Å². The van der Waals surface area contributed by atoms with E-state index in [2.05, 4.69) is 20.6 Å². The minimum atomic E-state index is -4.56. The average Bonchev–Trinajstić information content (AvgIpc) is 2.46. The van der Waals surface area contributed by atoms with Gasteiger partial charge in [0.2, 0.25) is 0 Å². The summed E-state index contributed by atoms with van der Waals surface area (Å²) in [6.07, 6.45) is 0.531. The Morgan fingerprint density at radius 1 is 1.14 bits per heavy atom. The van der Waals surface area contributed by atoms with E-state index in [1.165, 1.54) is 0 Å². The first-order valence-electron chi connectivity index (χ1n) is 5.92. The molecule has 2 aromatic heterocycles. The third kappa shape index (κ3) is 4.16. The first-order chi connectivity index (χ1) is 9.97. The van der Waals surface area contributed by atoms with E-state index in [9.17, 15) is 18.0 Å². The number of urea groups is 1. The van der Waals surface area contributed by atoms with Crippen LogP contribution in [0, 0.1) is 0 Å². The average molecular weight is 296 g/mol. The van der Waals surface area contributed by atoms with Crippen LogP contribution in [0.3, 0.4) is 0 Å². The van der Waals surface area contributed by atoms with Crippen molar-refractivity contribution in [3.63, 3.8) is 0 Å². The Hall–Kier alpha value is -2.64. The first-order valence-corrected chi connectivity index (χ1v) is 5.92. The fraction of sp³-hybridized carbons (Fsp3) is 0.154. The molecule has 0 spiro atoms. The fourth-order valence-electron chi connectivity index (χ4n) is 1.59. The van der Waals surface area contributed by atoms with E-state index < -0.39 is 23.5 Å². The first kappa shape index (κ1) is 14.8. The monoisotopic (exact) mass is 296 g/mol. The minimum absolute atomic E-state index is 0.154. The van der Waals surface area contributed by atoms with Crippen LogP contribution in [0.2, 0.25) is 0 Å². The maximum Gasteiger partial charge on any atom is 0.418 e. The van der Waals surface area contributed by atoms with Gasteiger partial charge in [0.25, 0.3) is 0 Å². The largest absolute Gasteiger partial charge is 0.418 e. The van der Waals surface area contributed by atoms with Crippen molar-refractivity contribution in [1.29, 1.82) is 0 Å². The van der Waals surface area contributed by atoms with Crippen LogP contribution in [-0.4, -0.2) is 16.0 Å². The highest BCUT2D eigenvalue weighted by molar-refractivity contribution is 5.89. The normalized spacial score (nSPS) is 11.0. The molecule has 0 radical (unpaired) electrons. The molecule has 21 heavy (non-hydrogen) atoms. The number of pyridine rings is 2. The van der Waals surface area contributed by atoms with Crippen molar-refractivity contribution in [2.45, 2.75) is 12.7 Å². The predicted octanol–water partition coefficient (Wildman–Crippen LogP) is 2.82. The SMILES string of the molecule is O=C(NCc1cccnc1)Nc1cnccc1C(F)(F)F. The molecular weight excluding hydrogens is 285 g/mol. The number of alkyl halides is 3. The summed E-state index contributed by atoms with van der Waals surface area (Å²) < 4.78 is 38.2. The van der Waals surface area contributed by atoms with Gasteiger partial charge in [-0.05, 0) is 17.7 Å². The van der Waals surface area contributed by atoms with Crippen LogP contribution in [0.1, 0.15) is 11.1 Å². The van der Waals surface area contributed by atoms with E-state index in [0.29, 0.717) is 0 Å². The topological polar surface area (TPSA) is 66.9 Å². The Bertz CT molecular complexity index is 616. The number of nitrogens with one attached hydrogen (secondary N) is 2. The van der Waals surface area contributed by atoms with E-state index in [-0.39, 0.29) is 6.54 Å². The third-order valence-electron chi connectivity index (χ3n) is 2.55. The molecule has 0 aliphatic heterocycles. The summed E-state index contributed by atoms with van der Waals surface area (Å²) in [5.41, 5.74) is -0.613. The summed E-state index contributed by atoms with van der Waals surface area (Å²) >= 11 is 0. The van der Waals surface area contributed by atoms with Crippen LogP contribution in [0.25, 0.3) is 0 Å². The highest BCUT2D eigenvalue weighted by Crippen LogP contribution is 2.33. The van der Waals surface area contributed by atoms with Crippen molar-refractivity contribution in [2.24, 2.45) is 0 Å². The van der Waals surface area contributed by atoms with Crippen molar-refractivity contribution < 1.29 is 18.0 Å². The maximum atomic E-state index is 12.7. The number of halogens is 3. The van der Waals surface area contributed by atoms with Crippen molar-refractivity contribution in [1.82, 2.24) is 15.3 Å². The van der Waals surface area contributed by atoms with Gasteiger partial charge in [-0.2, -0.15) is 13.2 Å². The van der Waals surface area contributed by atoms with Gasteiger partial charge in [0.15, 0.2) is 0 Å². The Balaban J connectivity index is 2.00. The summed E-state index contributed by atoms with van der Waals surface area (Å²) in [6, 6.07) is 3.48. The molecule has 2 N–H and O–H groups in total. The van der Waals surface area contributed by atoms with Crippen LogP contribution < -0.4 is 10.6 Å². The molecule has 0 saturated heterocycles. The van der Waals surface area contributed by atoms with Crippen molar-refractivity contribution in [3.05, 3.63) is 54.1 Å². The van der Waals surface area contributed by atoms with E-state index in [1.807, 2.05) is 0 Å². The number of nitrogens with zero attached hydrogens (tertiary/aromatic N) is 2. The molecule has 0 saturated carbocycles. The van der Waals surface area contributed by atoms with E-state index >= 15 is 0 Å². The standard InChI is InChI=1S/C13H11F3N4O/c14-13(15,16)10-3-5-18-8-11(10)20-12(21)19-7-9-2-1-4-17-6-9/h1-6,8H,7H2,(H2,19,20,21). The van der Waals surface area contributed by atoms with Crippen LogP contribution in [0.4, 0.5) is 23.7 Å². The second-order valence-electron chi connectivity index (χ2n) is 4.09. The lowest BCUT2D eigenvalue weighted by molar-refractivity contribution is -0.137. The van der Waals surface area contributed by atoms with Gasteiger partial charge in [0.05, 0.1) is 17.4 Å². The molecule has 2 aromatic rings. The molecule has 5 nitrogen and oxygen atoms in total. The molecule has 0 aromatic carbocycles. The number of carbonyl (C=O) groups excluding carboxylic acids is 1. The number of aromatic nitrogens is 2. The molecule has 2 amide bonds. The minimum Gasteiger partial charge on any atom is -0.334 e. The van der Waals surface area contributed by atoms with Crippen LogP contribution in [0.15, 0.2) is 43.0 Å². The van der Waals surface area contributed by atoms with E-state index in [4.69, 9.17) is 0 Å². The molecule has 0 aliphatic rings. The van der Waals surface area contributed by atoms with E-state index in [1.54, 1.807) is 24.5 Å². The van der Waals surface area contributed by atoms with Gasteiger partial charge in [-0.3, -0.25) is 9.97 Å². The highest BCUT2D eigenvalue weighted by Gasteiger charge is 2.33. The highest BCUT2D eigenvalue weighted by atomic mass is 19.4. The number of amides is 2. The quantitative estimate of drug-likeness (QED) is 0.915. The zero-order chi connectivity index (χ0) is 15.3. The third-order valence-corrected chi connectivity index (χ3v) is 2.55. The summed E-state index contributed by atoms with van der Waals surface area (Å²) in [7, 11) is 0. The predicted molar refractivity (Wildman–Crippen MR) is 69.3 cm³/mol. The van der Waals surface area contributed by atoms with Crippen LogP contribution in [0.5, 0.6) is 0 Å².